The molecule has 31 heavy (non-hydrogen) atoms. The van der Waals surface area contributed by atoms with Gasteiger partial charge in [-0.25, -0.2) is 12.8 Å². The van der Waals surface area contributed by atoms with Crippen LogP contribution in [0.4, 0.5) is 10.1 Å². The Kier molecular flexibility index (Phi) is 6.12. The lowest BCUT2D eigenvalue weighted by atomic mass is 10.0. The van der Waals surface area contributed by atoms with Gasteiger partial charge < -0.3 is 5.32 Å². The molecule has 162 valence electrons. The smallest absolute Gasteiger partial charge is 0.286 e. The Labute approximate surface area is 184 Å². The van der Waals surface area contributed by atoms with Crippen molar-refractivity contribution in [3.8, 4) is 0 Å². The topological polar surface area (TPSA) is 92.3 Å². The molecule has 1 fully saturated rings. The minimum atomic E-state index is -3.95. The standard InChI is InChI=1S/C21H21FN4O3S2/c1-14-8-10-16(11-9-14)23-19(27)21-25-24-20(30-21)15-5-4-12-26(13-15)31(28,29)18-7-3-2-6-17(18)22/h2-3,6-11,15H,4-5,12-13H2,1H3,(H,23,27). The molecule has 1 aliphatic rings. The maximum atomic E-state index is 14.1. The van der Waals surface area contributed by atoms with E-state index in [1.165, 1.54) is 22.5 Å². The van der Waals surface area contributed by atoms with Crippen molar-refractivity contribution in [1.29, 1.82) is 0 Å². The molecule has 1 N–H and O–H groups in total. The lowest BCUT2D eigenvalue weighted by Gasteiger charge is -2.30. The maximum absolute atomic E-state index is 14.1. The summed E-state index contributed by atoms with van der Waals surface area (Å²) in [6.07, 6.45) is 1.33. The first-order valence-electron chi connectivity index (χ1n) is 9.80. The number of halogens is 1. The van der Waals surface area contributed by atoms with Gasteiger partial charge in [0.05, 0.1) is 0 Å². The minimum absolute atomic E-state index is 0.172. The van der Waals surface area contributed by atoms with Crippen molar-refractivity contribution in [3.05, 3.63) is 69.9 Å². The van der Waals surface area contributed by atoms with E-state index in [-0.39, 0.29) is 28.3 Å². The quantitative estimate of drug-likeness (QED) is 0.625. The number of aromatic nitrogens is 2. The Hall–Kier alpha value is -2.69. The number of benzene rings is 2. The zero-order chi connectivity index (χ0) is 22.0. The van der Waals surface area contributed by atoms with E-state index in [2.05, 4.69) is 15.5 Å². The first kappa shape index (κ1) is 21.5. The summed E-state index contributed by atoms with van der Waals surface area (Å²) in [5, 5.41) is 11.7. The number of rotatable bonds is 5. The summed E-state index contributed by atoms with van der Waals surface area (Å²) in [5.41, 5.74) is 1.75. The normalized spacial score (nSPS) is 17.4. The molecular weight excluding hydrogens is 439 g/mol. The molecule has 4 rings (SSSR count). The predicted molar refractivity (Wildman–Crippen MR) is 116 cm³/mol. The zero-order valence-corrected chi connectivity index (χ0v) is 18.4. The fourth-order valence-electron chi connectivity index (χ4n) is 3.47. The molecule has 7 nitrogen and oxygen atoms in total. The number of carbonyl (C=O) groups excluding carboxylic acids is 1. The average molecular weight is 461 g/mol. The van der Waals surface area contributed by atoms with Crippen molar-refractivity contribution in [2.24, 2.45) is 0 Å². The number of nitrogens with one attached hydrogen (secondary N) is 1. The van der Waals surface area contributed by atoms with Crippen LogP contribution in [0.5, 0.6) is 0 Å². The Morgan fingerprint density at radius 1 is 1.16 bits per heavy atom. The summed E-state index contributed by atoms with van der Waals surface area (Å²) in [6.45, 7) is 2.44. The van der Waals surface area contributed by atoms with Crippen LogP contribution >= 0.6 is 11.3 Å². The molecule has 0 saturated carbocycles. The molecule has 1 unspecified atom stereocenters. The second-order valence-electron chi connectivity index (χ2n) is 7.40. The molecule has 2 heterocycles. The third-order valence-corrected chi connectivity index (χ3v) is 8.12. The third kappa shape index (κ3) is 4.65. The van der Waals surface area contributed by atoms with E-state index in [4.69, 9.17) is 0 Å². The van der Waals surface area contributed by atoms with E-state index in [0.717, 1.165) is 29.4 Å². The van der Waals surface area contributed by atoms with Gasteiger partial charge >= 0.3 is 0 Å². The van der Waals surface area contributed by atoms with Crippen molar-refractivity contribution < 1.29 is 17.6 Å². The first-order chi connectivity index (χ1) is 14.8. The van der Waals surface area contributed by atoms with Crippen molar-refractivity contribution in [3.63, 3.8) is 0 Å². The number of hydrogen-bond acceptors (Lipinski definition) is 6. The van der Waals surface area contributed by atoms with Crippen molar-refractivity contribution in [1.82, 2.24) is 14.5 Å². The predicted octanol–water partition coefficient (Wildman–Crippen LogP) is 3.81. The second-order valence-corrected chi connectivity index (χ2v) is 10.3. The van der Waals surface area contributed by atoms with Gasteiger partial charge in [0.1, 0.15) is 15.7 Å². The van der Waals surface area contributed by atoms with Crippen LogP contribution in [0.3, 0.4) is 0 Å². The maximum Gasteiger partial charge on any atom is 0.286 e. The van der Waals surface area contributed by atoms with E-state index in [0.29, 0.717) is 23.7 Å². The number of sulfonamides is 1. The van der Waals surface area contributed by atoms with Crippen molar-refractivity contribution in [2.45, 2.75) is 30.6 Å². The number of nitrogens with zero attached hydrogens (tertiary/aromatic N) is 3. The Morgan fingerprint density at radius 2 is 1.90 bits per heavy atom. The summed E-state index contributed by atoms with van der Waals surface area (Å²) in [4.78, 5) is 12.2. The molecule has 0 bridgehead atoms. The van der Waals surface area contributed by atoms with Crippen LogP contribution in [0.25, 0.3) is 0 Å². The highest BCUT2D eigenvalue weighted by Gasteiger charge is 2.34. The highest BCUT2D eigenvalue weighted by atomic mass is 32.2. The number of amides is 1. The molecule has 3 aromatic rings. The van der Waals surface area contributed by atoms with E-state index in [1.807, 2.05) is 31.2 Å². The number of anilines is 1. The summed E-state index contributed by atoms with van der Waals surface area (Å²) < 4.78 is 41.2. The molecule has 1 aliphatic heterocycles. The van der Waals surface area contributed by atoms with Gasteiger partial charge in [0, 0.05) is 24.7 Å². The first-order valence-corrected chi connectivity index (χ1v) is 12.1. The van der Waals surface area contributed by atoms with Crippen LogP contribution in [-0.4, -0.2) is 41.9 Å². The van der Waals surface area contributed by atoms with Crippen molar-refractivity contribution >= 4 is 33.0 Å². The summed E-state index contributed by atoms with van der Waals surface area (Å²) in [5.74, 6) is -1.33. The van der Waals surface area contributed by atoms with Gasteiger partial charge in [-0.2, -0.15) is 4.31 Å². The third-order valence-electron chi connectivity index (χ3n) is 5.13. The monoisotopic (exact) mass is 460 g/mol. The minimum Gasteiger partial charge on any atom is -0.320 e. The van der Waals surface area contributed by atoms with Gasteiger partial charge in [0.15, 0.2) is 0 Å². The molecule has 1 amide bonds. The van der Waals surface area contributed by atoms with Crippen LogP contribution in [-0.2, 0) is 10.0 Å². The van der Waals surface area contributed by atoms with Gasteiger partial charge in [-0.05, 0) is 44.0 Å². The molecule has 1 aromatic heterocycles. The van der Waals surface area contributed by atoms with Crippen LogP contribution in [0.2, 0.25) is 0 Å². The Bertz CT molecular complexity index is 1200. The van der Waals surface area contributed by atoms with E-state index < -0.39 is 15.8 Å². The zero-order valence-electron chi connectivity index (χ0n) is 16.8. The number of piperidine rings is 1. The lowest BCUT2D eigenvalue weighted by molar-refractivity contribution is 0.102. The van der Waals surface area contributed by atoms with E-state index in [1.54, 1.807) is 0 Å². The van der Waals surface area contributed by atoms with Crippen LogP contribution in [0.1, 0.15) is 39.1 Å². The molecule has 10 heteroatoms. The highest BCUT2D eigenvalue weighted by Crippen LogP contribution is 2.32. The Morgan fingerprint density at radius 3 is 2.65 bits per heavy atom. The van der Waals surface area contributed by atoms with Crippen LogP contribution in [0.15, 0.2) is 53.4 Å². The largest absolute Gasteiger partial charge is 0.320 e. The molecule has 1 atom stereocenters. The van der Waals surface area contributed by atoms with Crippen LogP contribution in [0, 0.1) is 12.7 Å². The van der Waals surface area contributed by atoms with Gasteiger partial charge in [0.2, 0.25) is 15.0 Å². The van der Waals surface area contributed by atoms with Gasteiger partial charge in [-0.1, -0.05) is 41.2 Å². The van der Waals surface area contributed by atoms with E-state index in [9.17, 15) is 17.6 Å². The number of hydrogen-bond donors (Lipinski definition) is 1. The van der Waals surface area contributed by atoms with Crippen LogP contribution < -0.4 is 5.32 Å². The van der Waals surface area contributed by atoms with Gasteiger partial charge in [0.25, 0.3) is 5.91 Å². The summed E-state index contributed by atoms with van der Waals surface area (Å²) in [6, 6.07) is 12.8. The van der Waals surface area contributed by atoms with E-state index >= 15 is 0 Å². The number of carbonyl (C=O) groups is 1. The second kappa shape index (κ2) is 8.81. The highest BCUT2D eigenvalue weighted by molar-refractivity contribution is 7.89. The lowest BCUT2D eigenvalue weighted by Crippen LogP contribution is -2.39. The van der Waals surface area contributed by atoms with Gasteiger partial charge in [-0.3, -0.25) is 4.79 Å². The van der Waals surface area contributed by atoms with Crippen molar-refractivity contribution in [2.75, 3.05) is 18.4 Å². The Balaban J connectivity index is 1.48. The molecule has 2 aromatic carbocycles. The summed E-state index contributed by atoms with van der Waals surface area (Å²) in [7, 11) is -3.95. The SMILES string of the molecule is Cc1ccc(NC(=O)c2nnc(C3CCCN(S(=O)(=O)c4ccccc4F)C3)s2)cc1. The fourth-order valence-corrected chi connectivity index (χ4v) is 5.92. The average Bonchev–Trinajstić information content (AvgIpc) is 3.26. The number of aryl methyl sites for hydroxylation is 1. The molecular formula is C21H21FN4O3S2. The molecule has 0 radical (unpaired) electrons. The molecule has 0 spiro atoms. The summed E-state index contributed by atoms with van der Waals surface area (Å²) >= 11 is 1.15. The van der Waals surface area contributed by atoms with Gasteiger partial charge in [-0.15, -0.1) is 10.2 Å². The molecule has 0 aliphatic carbocycles. The molecule has 1 saturated heterocycles. The fraction of sp³-hybridized carbons (Fsp3) is 0.286.